The van der Waals surface area contributed by atoms with Crippen LogP contribution < -0.4 is 0 Å². The van der Waals surface area contributed by atoms with Crippen LogP contribution in [-0.2, 0) is 4.79 Å². The van der Waals surface area contributed by atoms with Gasteiger partial charge in [-0.3, -0.25) is 9.79 Å². The zero-order chi connectivity index (χ0) is 16.6. The minimum absolute atomic E-state index is 0.183. The fourth-order valence-corrected chi connectivity index (χ4v) is 3.56. The third-order valence-electron chi connectivity index (χ3n) is 3.60. The molecule has 0 aromatic heterocycles. The van der Waals surface area contributed by atoms with Crippen LogP contribution in [0.1, 0.15) is 17.5 Å². The molecule has 1 aliphatic heterocycles. The quantitative estimate of drug-likeness (QED) is 0.889. The summed E-state index contributed by atoms with van der Waals surface area (Å²) < 4.78 is 26.7. The SMILES string of the molecule is Cc1cc(F)ccc1C1=Nc2ccc(F)cc2SC(C(=O)O)C1. The molecule has 3 rings (SSSR count). The van der Waals surface area contributed by atoms with E-state index in [-0.39, 0.29) is 12.2 Å². The molecule has 2 aromatic rings. The minimum atomic E-state index is -0.987. The molecule has 0 aliphatic carbocycles. The molecule has 1 aliphatic rings. The molecule has 1 N–H and O–H groups in total. The second-order valence-electron chi connectivity index (χ2n) is 5.28. The highest BCUT2D eigenvalue weighted by molar-refractivity contribution is 8.00. The second-order valence-corrected chi connectivity index (χ2v) is 6.52. The standard InChI is InChI=1S/C17H13F2NO2S/c1-9-6-10(18)2-4-12(9)14-8-16(17(21)22)23-15-7-11(19)3-5-13(15)20-14/h2-7,16H,8H2,1H3,(H,21,22). The van der Waals surface area contributed by atoms with Crippen LogP contribution in [0, 0.1) is 18.6 Å². The number of hydrogen-bond donors (Lipinski definition) is 1. The molecule has 118 valence electrons. The van der Waals surface area contributed by atoms with Crippen molar-refractivity contribution in [3.63, 3.8) is 0 Å². The van der Waals surface area contributed by atoms with E-state index in [2.05, 4.69) is 4.99 Å². The smallest absolute Gasteiger partial charge is 0.317 e. The van der Waals surface area contributed by atoms with E-state index in [0.717, 1.165) is 11.8 Å². The molecule has 0 radical (unpaired) electrons. The van der Waals surface area contributed by atoms with E-state index in [0.29, 0.717) is 27.4 Å². The van der Waals surface area contributed by atoms with Gasteiger partial charge in [-0.15, -0.1) is 11.8 Å². The molecule has 1 atom stereocenters. The molecule has 0 fully saturated rings. The number of carboxylic acid groups (broad SMARTS) is 1. The predicted octanol–water partition coefficient (Wildman–Crippen LogP) is 4.34. The van der Waals surface area contributed by atoms with Crippen molar-refractivity contribution in [1.29, 1.82) is 0 Å². The highest BCUT2D eigenvalue weighted by Gasteiger charge is 2.27. The van der Waals surface area contributed by atoms with Gasteiger partial charge in [-0.1, -0.05) is 0 Å². The second kappa shape index (κ2) is 6.12. The monoisotopic (exact) mass is 333 g/mol. The lowest BCUT2D eigenvalue weighted by molar-refractivity contribution is -0.136. The summed E-state index contributed by atoms with van der Waals surface area (Å²) in [5.74, 6) is -1.77. The summed E-state index contributed by atoms with van der Waals surface area (Å²) in [6.45, 7) is 1.75. The van der Waals surface area contributed by atoms with Gasteiger partial charge in [-0.25, -0.2) is 8.78 Å². The maximum Gasteiger partial charge on any atom is 0.317 e. The first-order chi connectivity index (χ1) is 10.9. The first kappa shape index (κ1) is 15.7. The fourth-order valence-electron chi connectivity index (χ4n) is 2.50. The van der Waals surface area contributed by atoms with E-state index in [9.17, 15) is 18.7 Å². The van der Waals surface area contributed by atoms with Crippen LogP contribution in [0.2, 0.25) is 0 Å². The number of benzene rings is 2. The Bertz CT molecular complexity index is 820. The summed E-state index contributed by atoms with van der Waals surface area (Å²) in [4.78, 5) is 16.5. The van der Waals surface area contributed by atoms with Crippen molar-refractivity contribution in [3.8, 4) is 0 Å². The molecule has 0 saturated heterocycles. The molecule has 0 bridgehead atoms. The van der Waals surface area contributed by atoms with Gasteiger partial charge in [0, 0.05) is 11.3 Å². The highest BCUT2D eigenvalue weighted by atomic mass is 32.2. The maximum absolute atomic E-state index is 13.4. The molecular weight excluding hydrogens is 320 g/mol. The van der Waals surface area contributed by atoms with Crippen molar-refractivity contribution in [3.05, 3.63) is 59.2 Å². The summed E-state index contributed by atoms with van der Waals surface area (Å²) >= 11 is 1.08. The number of aliphatic imine (C=N–C) groups is 1. The number of hydrogen-bond acceptors (Lipinski definition) is 3. The van der Waals surface area contributed by atoms with Gasteiger partial charge < -0.3 is 5.11 Å². The van der Waals surface area contributed by atoms with Crippen molar-refractivity contribution in [2.24, 2.45) is 4.99 Å². The summed E-state index contributed by atoms with van der Waals surface area (Å²) in [5, 5.41) is 8.63. The fraction of sp³-hybridized carbons (Fsp3) is 0.176. The third-order valence-corrected chi connectivity index (χ3v) is 4.83. The van der Waals surface area contributed by atoms with E-state index in [1.165, 1.54) is 30.3 Å². The minimum Gasteiger partial charge on any atom is -0.480 e. The average Bonchev–Trinajstić information content (AvgIpc) is 2.66. The highest BCUT2D eigenvalue weighted by Crippen LogP contribution is 2.38. The number of fused-ring (bicyclic) bond motifs is 1. The third kappa shape index (κ3) is 3.27. The Labute approximate surface area is 136 Å². The van der Waals surface area contributed by atoms with Gasteiger partial charge in [-0.05, 0) is 54.4 Å². The molecule has 1 unspecified atom stereocenters. The molecule has 1 heterocycles. The van der Waals surface area contributed by atoms with Crippen LogP contribution in [0.15, 0.2) is 46.3 Å². The van der Waals surface area contributed by atoms with Crippen LogP contribution >= 0.6 is 11.8 Å². The van der Waals surface area contributed by atoms with E-state index in [1.54, 1.807) is 13.0 Å². The number of thioether (sulfide) groups is 1. The van der Waals surface area contributed by atoms with E-state index in [4.69, 9.17) is 0 Å². The number of rotatable bonds is 2. The topological polar surface area (TPSA) is 49.7 Å². The lowest BCUT2D eigenvalue weighted by Gasteiger charge is -2.12. The molecule has 2 aromatic carbocycles. The number of carbonyl (C=O) groups is 1. The lowest BCUT2D eigenvalue weighted by atomic mass is 10.00. The van der Waals surface area contributed by atoms with Crippen molar-refractivity contribution >= 4 is 29.1 Å². The van der Waals surface area contributed by atoms with Gasteiger partial charge in [0.15, 0.2) is 0 Å². The van der Waals surface area contributed by atoms with E-state index >= 15 is 0 Å². The van der Waals surface area contributed by atoms with Gasteiger partial charge in [0.2, 0.25) is 0 Å². The van der Waals surface area contributed by atoms with Crippen LogP contribution in [0.25, 0.3) is 0 Å². The van der Waals surface area contributed by atoms with E-state index in [1.807, 2.05) is 0 Å². The van der Waals surface area contributed by atoms with Crippen LogP contribution in [0.3, 0.4) is 0 Å². The Balaban J connectivity index is 2.14. The van der Waals surface area contributed by atoms with Crippen LogP contribution in [0.5, 0.6) is 0 Å². The lowest BCUT2D eigenvalue weighted by Crippen LogP contribution is -2.20. The normalized spacial score (nSPS) is 17.2. The van der Waals surface area contributed by atoms with Crippen molar-refractivity contribution in [2.75, 3.05) is 0 Å². The zero-order valence-electron chi connectivity index (χ0n) is 12.2. The maximum atomic E-state index is 13.4. The molecular formula is C17H13F2NO2S. The number of nitrogens with zero attached hydrogens (tertiary/aromatic N) is 1. The van der Waals surface area contributed by atoms with Gasteiger partial charge >= 0.3 is 5.97 Å². The van der Waals surface area contributed by atoms with E-state index < -0.39 is 17.0 Å². The summed E-state index contributed by atoms with van der Waals surface area (Å²) in [6, 6.07) is 8.42. The van der Waals surface area contributed by atoms with Gasteiger partial charge in [0.25, 0.3) is 0 Å². The van der Waals surface area contributed by atoms with Crippen molar-refractivity contribution in [1.82, 2.24) is 0 Å². The molecule has 23 heavy (non-hydrogen) atoms. The van der Waals surface area contributed by atoms with Crippen LogP contribution in [-0.4, -0.2) is 22.0 Å². The Kier molecular flexibility index (Phi) is 4.17. The van der Waals surface area contributed by atoms with Crippen molar-refractivity contribution in [2.45, 2.75) is 23.5 Å². The van der Waals surface area contributed by atoms with Crippen LogP contribution in [0.4, 0.5) is 14.5 Å². The molecule has 0 amide bonds. The number of aliphatic carboxylic acids is 1. The number of carboxylic acids is 1. The summed E-state index contributed by atoms with van der Waals surface area (Å²) in [7, 11) is 0. The predicted molar refractivity (Wildman–Crippen MR) is 85.6 cm³/mol. The van der Waals surface area contributed by atoms with Gasteiger partial charge in [0.1, 0.15) is 16.9 Å². The average molecular weight is 333 g/mol. The van der Waals surface area contributed by atoms with Gasteiger partial charge in [0.05, 0.1) is 11.4 Å². The largest absolute Gasteiger partial charge is 0.480 e. The van der Waals surface area contributed by atoms with Gasteiger partial charge in [-0.2, -0.15) is 0 Å². The Morgan fingerprint density at radius 1 is 1.22 bits per heavy atom. The Morgan fingerprint density at radius 3 is 2.61 bits per heavy atom. The van der Waals surface area contributed by atoms with Crippen molar-refractivity contribution < 1.29 is 18.7 Å². The summed E-state index contributed by atoms with van der Waals surface area (Å²) in [6.07, 6.45) is 0.183. The Morgan fingerprint density at radius 2 is 1.91 bits per heavy atom. The number of halogens is 2. The zero-order valence-corrected chi connectivity index (χ0v) is 13.0. The summed E-state index contributed by atoms with van der Waals surface area (Å²) in [5.41, 5.74) is 2.48. The molecule has 3 nitrogen and oxygen atoms in total. The Hall–Kier alpha value is -2.21. The molecule has 6 heteroatoms. The number of aryl methyl sites for hydroxylation is 1. The first-order valence-electron chi connectivity index (χ1n) is 6.97. The molecule has 0 spiro atoms. The first-order valence-corrected chi connectivity index (χ1v) is 7.85. The molecule has 0 saturated carbocycles.